The summed E-state index contributed by atoms with van der Waals surface area (Å²) in [7, 11) is 0. The second-order valence-corrected chi connectivity index (χ2v) is 9.73. The fraction of sp³-hybridized carbons (Fsp3) is 0. The van der Waals surface area contributed by atoms with Gasteiger partial charge in [0.2, 0.25) is 11.8 Å². The number of hydrogen-bond acceptors (Lipinski definition) is 5. The number of aromatic hydroxyl groups is 2. The molecule has 3 aromatic heterocycles. The Bertz CT molecular complexity index is 1840. The van der Waals surface area contributed by atoms with Crippen LogP contribution in [0.25, 0.3) is 56.4 Å². The minimum atomic E-state index is 0.0191. The highest BCUT2D eigenvalue weighted by atomic mass is 16.3. The van der Waals surface area contributed by atoms with Crippen LogP contribution in [0.1, 0.15) is 0 Å². The van der Waals surface area contributed by atoms with Crippen molar-refractivity contribution in [3.05, 3.63) is 140 Å². The minimum absolute atomic E-state index is 0.0191. The SMILES string of the molecule is Oc1c(-c2ccccc2)c(-c2cccc(-c3nn(-c4ccccc4)c(O)c3-c3ccccc3)n2)nn1-c1ccccc1. The van der Waals surface area contributed by atoms with Crippen molar-refractivity contribution < 1.29 is 10.2 Å². The van der Waals surface area contributed by atoms with Gasteiger partial charge in [0.15, 0.2) is 0 Å². The Morgan fingerprint density at radius 1 is 0.405 bits per heavy atom. The molecule has 0 saturated carbocycles. The summed E-state index contributed by atoms with van der Waals surface area (Å²) in [6.07, 6.45) is 0. The van der Waals surface area contributed by atoms with E-state index in [9.17, 15) is 10.2 Å². The van der Waals surface area contributed by atoms with Crippen LogP contribution in [-0.2, 0) is 0 Å². The zero-order valence-corrected chi connectivity index (χ0v) is 22.4. The van der Waals surface area contributed by atoms with E-state index in [1.165, 1.54) is 9.36 Å². The summed E-state index contributed by atoms with van der Waals surface area (Å²) >= 11 is 0. The van der Waals surface area contributed by atoms with Crippen LogP contribution in [-0.4, -0.2) is 34.8 Å². The molecule has 0 aliphatic rings. The van der Waals surface area contributed by atoms with Crippen LogP contribution >= 0.6 is 0 Å². The highest BCUT2D eigenvalue weighted by Crippen LogP contribution is 2.42. The van der Waals surface area contributed by atoms with Crippen molar-refractivity contribution in [1.82, 2.24) is 24.5 Å². The first-order chi connectivity index (χ1) is 20.7. The lowest BCUT2D eigenvalue weighted by Gasteiger charge is -2.06. The van der Waals surface area contributed by atoms with Crippen molar-refractivity contribution in [2.45, 2.75) is 0 Å². The molecule has 0 unspecified atom stereocenters. The summed E-state index contributed by atoms with van der Waals surface area (Å²) in [5.41, 5.74) is 6.41. The predicted molar refractivity (Wildman–Crippen MR) is 164 cm³/mol. The molecule has 0 atom stereocenters. The van der Waals surface area contributed by atoms with Gasteiger partial charge in [-0.05, 0) is 47.5 Å². The fourth-order valence-corrected chi connectivity index (χ4v) is 5.12. The molecule has 0 aliphatic carbocycles. The molecule has 42 heavy (non-hydrogen) atoms. The van der Waals surface area contributed by atoms with Crippen LogP contribution in [0, 0.1) is 0 Å². The van der Waals surface area contributed by atoms with Gasteiger partial charge in [-0.2, -0.15) is 19.6 Å². The monoisotopic (exact) mass is 547 g/mol. The van der Waals surface area contributed by atoms with Crippen LogP contribution in [0.5, 0.6) is 11.8 Å². The third kappa shape index (κ3) is 4.39. The highest BCUT2D eigenvalue weighted by Gasteiger charge is 2.25. The van der Waals surface area contributed by atoms with Gasteiger partial charge in [0.25, 0.3) is 0 Å². The van der Waals surface area contributed by atoms with Crippen molar-refractivity contribution in [2.24, 2.45) is 0 Å². The van der Waals surface area contributed by atoms with Gasteiger partial charge in [-0.1, -0.05) is 103 Å². The molecule has 0 saturated heterocycles. The number of hydrogen-bond donors (Lipinski definition) is 2. The van der Waals surface area contributed by atoms with Gasteiger partial charge in [0.1, 0.15) is 11.4 Å². The number of nitrogens with zero attached hydrogens (tertiary/aromatic N) is 5. The zero-order chi connectivity index (χ0) is 28.5. The molecule has 0 spiro atoms. The summed E-state index contributed by atoms with van der Waals surface area (Å²) < 4.78 is 3.05. The number of pyridine rings is 1. The van der Waals surface area contributed by atoms with Crippen LogP contribution in [0.3, 0.4) is 0 Å². The summed E-state index contributed by atoms with van der Waals surface area (Å²) in [6.45, 7) is 0. The maximum Gasteiger partial charge on any atom is 0.223 e. The Hall–Kier alpha value is -5.95. The standard InChI is InChI=1S/C35H25N5O2/c41-34-30(24-14-5-1-6-15-24)32(37-39(34)26-18-9-3-10-19-26)28-22-13-23-29(36-28)33-31(25-16-7-2-8-17-25)35(42)40(38-33)27-20-11-4-12-21-27/h1-23,41-42H. The molecular weight excluding hydrogens is 522 g/mol. The average Bonchev–Trinajstić information content (AvgIpc) is 3.59. The molecule has 4 aromatic carbocycles. The fourth-order valence-electron chi connectivity index (χ4n) is 5.12. The molecule has 0 aliphatic heterocycles. The second-order valence-electron chi connectivity index (χ2n) is 9.73. The average molecular weight is 548 g/mol. The Morgan fingerprint density at radius 3 is 1.14 bits per heavy atom. The topological polar surface area (TPSA) is 89.0 Å². The van der Waals surface area contributed by atoms with Gasteiger partial charge < -0.3 is 10.2 Å². The summed E-state index contributed by atoms with van der Waals surface area (Å²) in [5, 5.41) is 32.6. The number of aromatic nitrogens is 5. The van der Waals surface area contributed by atoms with E-state index < -0.39 is 0 Å². The van der Waals surface area contributed by atoms with E-state index in [-0.39, 0.29) is 11.8 Å². The molecule has 0 amide bonds. The Morgan fingerprint density at radius 2 is 0.762 bits per heavy atom. The van der Waals surface area contributed by atoms with Gasteiger partial charge in [0, 0.05) is 0 Å². The van der Waals surface area contributed by atoms with E-state index >= 15 is 0 Å². The number of benzene rings is 4. The van der Waals surface area contributed by atoms with Crippen molar-refractivity contribution in [3.63, 3.8) is 0 Å². The maximum absolute atomic E-state index is 11.4. The quantitative estimate of drug-likeness (QED) is 0.225. The van der Waals surface area contributed by atoms with E-state index in [1.54, 1.807) is 0 Å². The molecule has 0 bridgehead atoms. The Labute approximate surface area is 242 Å². The maximum atomic E-state index is 11.4. The smallest absolute Gasteiger partial charge is 0.223 e. The van der Waals surface area contributed by atoms with Gasteiger partial charge in [-0.3, -0.25) is 0 Å². The van der Waals surface area contributed by atoms with E-state index in [2.05, 4.69) is 0 Å². The van der Waals surface area contributed by atoms with Gasteiger partial charge in [-0.25, -0.2) is 4.98 Å². The van der Waals surface area contributed by atoms with Crippen molar-refractivity contribution in [2.75, 3.05) is 0 Å². The first-order valence-corrected chi connectivity index (χ1v) is 13.5. The molecule has 0 radical (unpaired) electrons. The van der Waals surface area contributed by atoms with Crippen molar-refractivity contribution in [1.29, 1.82) is 0 Å². The first-order valence-electron chi connectivity index (χ1n) is 13.5. The molecular formula is C35H25N5O2. The van der Waals surface area contributed by atoms with E-state index in [4.69, 9.17) is 15.2 Å². The van der Waals surface area contributed by atoms with E-state index in [0.29, 0.717) is 33.9 Å². The minimum Gasteiger partial charge on any atom is -0.493 e. The summed E-state index contributed by atoms with van der Waals surface area (Å²) in [4.78, 5) is 5.01. The number of rotatable bonds is 6. The zero-order valence-electron chi connectivity index (χ0n) is 22.4. The van der Waals surface area contributed by atoms with E-state index in [1.807, 2.05) is 140 Å². The lowest BCUT2D eigenvalue weighted by Crippen LogP contribution is -1.97. The third-order valence-corrected chi connectivity index (χ3v) is 7.08. The largest absolute Gasteiger partial charge is 0.493 e. The van der Waals surface area contributed by atoms with Crippen LogP contribution in [0.15, 0.2) is 140 Å². The molecule has 7 rings (SSSR count). The van der Waals surface area contributed by atoms with E-state index in [0.717, 1.165) is 22.5 Å². The first kappa shape index (κ1) is 25.0. The molecule has 3 heterocycles. The van der Waals surface area contributed by atoms with Crippen LogP contribution < -0.4 is 0 Å². The van der Waals surface area contributed by atoms with Crippen molar-refractivity contribution >= 4 is 0 Å². The molecule has 0 fully saturated rings. The molecule has 7 aromatic rings. The molecule has 202 valence electrons. The van der Waals surface area contributed by atoms with Gasteiger partial charge in [0.05, 0.1) is 33.9 Å². The summed E-state index contributed by atoms with van der Waals surface area (Å²) in [5.74, 6) is 0.0381. The highest BCUT2D eigenvalue weighted by molar-refractivity contribution is 5.87. The van der Waals surface area contributed by atoms with Crippen LogP contribution in [0.2, 0.25) is 0 Å². The molecule has 2 N–H and O–H groups in total. The summed E-state index contributed by atoms with van der Waals surface area (Å²) in [6, 6.07) is 43.9. The Balaban J connectivity index is 1.43. The second kappa shape index (κ2) is 10.6. The third-order valence-electron chi connectivity index (χ3n) is 7.08. The lowest BCUT2D eigenvalue weighted by molar-refractivity contribution is 0.435. The number of para-hydroxylation sites is 2. The van der Waals surface area contributed by atoms with Gasteiger partial charge >= 0.3 is 0 Å². The molecule has 7 heteroatoms. The Kier molecular flexibility index (Phi) is 6.29. The van der Waals surface area contributed by atoms with Crippen LogP contribution in [0.4, 0.5) is 0 Å². The normalized spacial score (nSPS) is 11.0. The lowest BCUT2D eigenvalue weighted by atomic mass is 10.0. The predicted octanol–water partition coefficient (Wildman–Crippen LogP) is 7.53. The van der Waals surface area contributed by atoms with Gasteiger partial charge in [-0.15, -0.1) is 0 Å². The van der Waals surface area contributed by atoms with Crippen molar-refractivity contribution in [3.8, 4) is 68.2 Å². The molecule has 7 nitrogen and oxygen atoms in total.